The minimum Gasteiger partial charge on any atom is -0.482 e. The zero-order valence-electron chi connectivity index (χ0n) is 14.1. The van der Waals surface area contributed by atoms with E-state index in [9.17, 15) is 4.79 Å². The SMILES string of the molecule is CC(C)CC(=NNC(=O)COc1ccc(Cl)cc1Cl)c1ccccc1. The third-order valence-corrected chi connectivity index (χ3v) is 3.81. The molecule has 2 aromatic rings. The number of amides is 1. The lowest BCUT2D eigenvalue weighted by atomic mass is 10.0. The van der Waals surface area contributed by atoms with Gasteiger partial charge >= 0.3 is 0 Å². The van der Waals surface area contributed by atoms with Crippen LogP contribution in [-0.4, -0.2) is 18.2 Å². The number of halogens is 2. The van der Waals surface area contributed by atoms with Gasteiger partial charge in [0.05, 0.1) is 10.7 Å². The van der Waals surface area contributed by atoms with Gasteiger partial charge in [0.25, 0.3) is 5.91 Å². The van der Waals surface area contributed by atoms with Gasteiger partial charge in [-0.25, -0.2) is 5.43 Å². The van der Waals surface area contributed by atoms with Crippen molar-refractivity contribution >= 4 is 34.8 Å². The van der Waals surface area contributed by atoms with Crippen molar-refractivity contribution in [1.29, 1.82) is 0 Å². The summed E-state index contributed by atoms with van der Waals surface area (Å²) in [5, 5.41) is 5.13. The summed E-state index contributed by atoms with van der Waals surface area (Å²) in [5.74, 6) is 0.457. The molecule has 0 aromatic heterocycles. The molecule has 0 saturated heterocycles. The average molecular weight is 379 g/mol. The van der Waals surface area contributed by atoms with Crippen LogP contribution < -0.4 is 10.2 Å². The summed E-state index contributed by atoms with van der Waals surface area (Å²) in [7, 11) is 0. The third-order valence-electron chi connectivity index (χ3n) is 3.28. The van der Waals surface area contributed by atoms with Gasteiger partial charge in [0.15, 0.2) is 6.61 Å². The van der Waals surface area contributed by atoms with Crippen molar-refractivity contribution in [3.8, 4) is 5.75 Å². The number of hydrogen-bond acceptors (Lipinski definition) is 3. The van der Waals surface area contributed by atoms with Crippen LogP contribution in [0.3, 0.4) is 0 Å². The van der Waals surface area contributed by atoms with Crippen LogP contribution in [0, 0.1) is 5.92 Å². The first kappa shape index (κ1) is 19.3. The predicted molar refractivity (Wildman–Crippen MR) is 103 cm³/mol. The van der Waals surface area contributed by atoms with E-state index in [-0.39, 0.29) is 12.5 Å². The molecular formula is C19H20Cl2N2O2. The summed E-state index contributed by atoms with van der Waals surface area (Å²) in [6.45, 7) is 4.02. The van der Waals surface area contributed by atoms with Gasteiger partial charge in [0, 0.05) is 5.02 Å². The second-order valence-electron chi connectivity index (χ2n) is 5.92. The van der Waals surface area contributed by atoms with Gasteiger partial charge in [-0.1, -0.05) is 67.4 Å². The maximum atomic E-state index is 12.0. The highest BCUT2D eigenvalue weighted by Gasteiger charge is 2.09. The van der Waals surface area contributed by atoms with Crippen LogP contribution in [0.25, 0.3) is 0 Å². The molecule has 0 aliphatic heterocycles. The molecule has 2 rings (SSSR count). The Morgan fingerprint density at radius 3 is 2.52 bits per heavy atom. The van der Waals surface area contributed by atoms with E-state index in [2.05, 4.69) is 24.4 Å². The van der Waals surface area contributed by atoms with Crippen LogP contribution in [-0.2, 0) is 4.79 Å². The molecule has 6 heteroatoms. The number of carbonyl (C=O) groups is 1. The lowest BCUT2D eigenvalue weighted by Crippen LogP contribution is -2.26. The lowest BCUT2D eigenvalue weighted by Gasteiger charge is -2.11. The standard InChI is InChI=1S/C19H20Cl2N2O2/c1-13(2)10-17(14-6-4-3-5-7-14)22-23-19(24)12-25-18-9-8-15(20)11-16(18)21/h3-9,11,13H,10,12H2,1-2H3,(H,23,24). The fourth-order valence-electron chi connectivity index (χ4n) is 2.14. The molecule has 0 spiro atoms. The first-order valence-corrected chi connectivity index (χ1v) is 8.70. The van der Waals surface area contributed by atoms with E-state index in [1.807, 2.05) is 30.3 Å². The van der Waals surface area contributed by atoms with E-state index in [0.29, 0.717) is 21.7 Å². The van der Waals surface area contributed by atoms with Crippen molar-refractivity contribution in [1.82, 2.24) is 5.43 Å². The van der Waals surface area contributed by atoms with Gasteiger partial charge in [0.1, 0.15) is 5.75 Å². The maximum absolute atomic E-state index is 12.0. The quantitative estimate of drug-likeness (QED) is 0.547. The molecule has 4 nitrogen and oxygen atoms in total. The summed E-state index contributed by atoms with van der Waals surface area (Å²) in [5.41, 5.74) is 4.35. The Balaban J connectivity index is 1.98. The number of benzene rings is 2. The van der Waals surface area contributed by atoms with Gasteiger partial charge in [0.2, 0.25) is 0 Å². The third kappa shape index (κ3) is 6.40. The van der Waals surface area contributed by atoms with Crippen LogP contribution in [0.2, 0.25) is 10.0 Å². The summed E-state index contributed by atoms with van der Waals surface area (Å²) in [4.78, 5) is 12.0. The average Bonchev–Trinajstić information content (AvgIpc) is 2.58. The van der Waals surface area contributed by atoms with Gasteiger partial charge < -0.3 is 4.74 Å². The highest BCUT2D eigenvalue weighted by atomic mass is 35.5. The normalized spacial score (nSPS) is 11.5. The minimum absolute atomic E-state index is 0.186. The lowest BCUT2D eigenvalue weighted by molar-refractivity contribution is -0.123. The molecule has 0 fully saturated rings. The highest BCUT2D eigenvalue weighted by Crippen LogP contribution is 2.27. The van der Waals surface area contributed by atoms with Crippen LogP contribution in [0.1, 0.15) is 25.8 Å². The fraction of sp³-hybridized carbons (Fsp3) is 0.263. The largest absolute Gasteiger partial charge is 0.482 e. The van der Waals surface area contributed by atoms with E-state index < -0.39 is 0 Å². The Labute approximate surface area is 157 Å². The van der Waals surface area contributed by atoms with Gasteiger partial charge in [-0.15, -0.1) is 0 Å². The molecule has 0 heterocycles. The van der Waals surface area contributed by atoms with Crippen molar-refractivity contribution in [3.63, 3.8) is 0 Å². The Bertz CT molecular complexity index is 746. The molecule has 1 amide bonds. The molecule has 25 heavy (non-hydrogen) atoms. The molecule has 0 aliphatic carbocycles. The van der Waals surface area contributed by atoms with Crippen LogP contribution in [0.4, 0.5) is 0 Å². The number of rotatable bonds is 7. The highest BCUT2D eigenvalue weighted by molar-refractivity contribution is 6.35. The Morgan fingerprint density at radius 1 is 1.16 bits per heavy atom. The summed E-state index contributed by atoms with van der Waals surface area (Å²) in [6, 6.07) is 14.6. The number of nitrogens with one attached hydrogen (secondary N) is 1. The predicted octanol–water partition coefficient (Wildman–Crippen LogP) is 4.94. The molecule has 0 unspecified atom stereocenters. The van der Waals surface area contributed by atoms with Gasteiger partial charge in [-0.05, 0) is 36.1 Å². The zero-order chi connectivity index (χ0) is 18.2. The van der Waals surface area contributed by atoms with Gasteiger partial charge in [-0.3, -0.25) is 4.79 Å². The fourth-order valence-corrected chi connectivity index (χ4v) is 2.61. The molecule has 0 saturated carbocycles. The molecule has 2 aromatic carbocycles. The van der Waals surface area contributed by atoms with Crippen molar-refractivity contribution in [3.05, 3.63) is 64.1 Å². The molecule has 0 radical (unpaired) electrons. The molecular weight excluding hydrogens is 359 g/mol. The van der Waals surface area contributed by atoms with E-state index in [0.717, 1.165) is 17.7 Å². The molecule has 132 valence electrons. The van der Waals surface area contributed by atoms with Gasteiger partial charge in [-0.2, -0.15) is 5.10 Å². The minimum atomic E-state index is -0.358. The van der Waals surface area contributed by atoms with Crippen LogP contribution in [0.15, 0.2) is 53.6 Å². The van der Waals surface area contributed by atoms with Crippen LogP contribution in [0.5, 0.6) is 5.75 Å². The zero-order valence-corrected chi connectivity index (χ0v) is 15.6. The first-order chi connectivity index (χ1) is 12.0. The number of carbonyl (C=O) groups excluding carboxylic acids is 1. The van der Waals surface area contributed by atoms with Crippen molar-refractivity contribution < 1.29 is 9.53 Å². The number of ether oxygens (including phenoxy) is 1. The van der Waals surface area contributed by atoms with E-state index in [4.69, 9.17) is 27.9 Å². The Kier molecular flexibility index (Phi) is 7.29. The topological polar surface area (TPSA) is 50.7 Å². The monoisotopic (exact) mass is 378 g/mol. The summed E-state index contributed by atoms with van der Waals surface area (Å²) < 4.78 is 5.40. The van der Waals surface area contributed by atoms with Crippen LogP contribution >= 0.6 is 23.2 Å². The number of hydrogen-bond donors (Lipinski definition) is 1. The first-order valence-electron chi connectivity index (χ1n) is 7.94. The smallest absolute Gasteiger partial charge is 0.277 e. The summed E-state index contributed by atoms with van der Waals surface area (Å²) in [6.07, 6.45) is 0.758. The maximum Gasteiger partial charge on any atom is 0.277 e. The van der Waals surface area contributed by atoms with Crippen molar-refractivity contribution in [2.75, 3.05) is 6.61 Å². The molecule has 0 bridgehead atoms. The second kappa shape index (κ2) is 9.44. The van der Waals surface area contributed by atoms with Crippen molar-refractivity contribution in [2.24, 2.45) is 11.0 Å². The molecule has 0 aliphatic rings. The summed E-state index contributed by atoms with van der Waals surface area (Å²) >= 11 is 11.8. The number of hydrazone groups is 1. The van der Waals surface area contributed by atoms with E-state index in [1.54, 1.807) is 18.2 Å². The molecule has 0 atom stereocenters. The number of nitrogens with zero attached hydrogens (tertiary/aromatic N) is 1. The second-order valence-corrected chi connectivity index (χ2v) is 6.76. The van der Waals surface area contributed by atoms with Crippen molar-refractivity contribution in [2.45, 2.75) is 20.3 Å². The Morgan fingerprint density at radius 2 is 1.88 bits per heavy atom. The van der Waals surface area contributed by atoms with E-state index >= 15 is 0 Å². The molecule has 1 N–H and O–H groups in total. The van der Waals surface area contributed by atoms with E-state index in [1.165, 1.54) is 0 Å². The Hall–Kier alpha value is -2.04.